The Morgan fingerprint density at radius 2 is 1.62 bits per heavy atom. The van der Waals surface area contributed by atoms with Crippen LogP contribution in [0.1, 0.15) is 6.92 Å². The highest BCUT2D eigenvalue weighted by Gasteiger charge is 2.18. The van der Waals surface area contributed by atoms with Crippen molar-refractivity contribution in [2.45, 2.75) is 22.0 Å². The molecule has 1 amide bonds. The minimum absolute atomic E-state index is 0.188. The second-order valence-corrected chi connectivity index (χ2v) is 9.86. The van der Waals surface area contributed by atoms with Crippen LogP contribution < -0.4 is 19.5 Å². The quantitative estimate of drug-likeness (QED) is 0.441. The van der Waals surface area contributed by atoms with E-state index in [-0.39, 0.29) is 10.8 Å². The molecule has 3 rings (SSSR count). The van der Waals surface area contributed by atoms with Gasteiger partial charge in [-0.15, -0.1) is 11.8 Å². The molecule has 0 spiro atoms. The molecule has 1 unspecified atom stereocenters. The lowest BCUT2D eigenvalue weighted by atomic mass is 10.2. The second-order valence-electron chi connectivity index (χ2n) is 6.76. The molecule has 3 aromatic rings. The minimum atomic E-state index is -3.65. The number of methoxy groups -OCH3 is 2. The number of sulfonamides is 1. The van der Waals surface area contributed by atoms with E-state index in [0.717, 1.165) is 4.90 Å². The molecule has 1 atom stereocenters. The Morgan fingerprint density at radius 1 is 0.938 bits per heavy atom. The number of rotatable bonds is 9. The Labute approximate surface area is 192 Å². The minimum Gasteiger partial charge on any atom is -0.497 e. The molecule has 0 aliphatic carbocycles. The van der Waals surface area contributed by atoms with Gasteiger partial charge in [0.2, 0.25) is 5.91 Å². The molecule has 0 saturated heterocycles. The number of anilines is 2. The molecule has 7 nitrogen and oxygen atoms in total. The van der Waals surface area contributed by atoms with E-state index in [2.05, 4.69) is 10.0 Å². The van der Waals surface area contributed by atoms with Gasteiger partial charge in [0.25, 0.3) is 10.0 Å². The number of hydrogen-bond donors (Lipinski definition) is 2. The van der Waals surface area contributed by atoms with Crippen LogP contribution in [0.25, 0.3) is 0 Å². The molecule has 0 saturated carbocycles. The van der Waals surface area contributed by atoms with Crippen molar-refractivity contribution in [3.63, 3.8) is 0 Å². The molecule has 32 heavy (non-hydrogen) atoms. The van der Waals surface area contributed by atoms with E-state index in [1.165, 1.54) is 31.0 Å². The van der Waals surface area contributed by atoms with E-state index >= 15 is 0 Å². The second kappa shape index (κ2) is 10.4. The number of thioether (sulfide) groups is 1. The lowest BCUT2D eigenvalue weighted by Crippen LogP contribution is -2.22. The maximum atomic E-state index is 12.6. The number of ether oxygens (including phenoxy) is 2. The van der Waals surface area contributed by atoms with Crippen molar-refractivity contribution in [3.05, 3.63) is 72.8 Å². The lowest BCUT2D eigenvalue weighted by molar-refractivity contribution is -0.115. The zero-order chi connectivity index (χ0) is 23.1. The van der Waals surface area contributed by atoms with Crippen LogP contribution in [-0.4, -0.2) is 33.8 Å². The van der Waals surface area contributed by atoms with Crippen molar-refractivity contribution in [3.8, 4) is 11.5 Å². The van der Waals surface area contributed by atoms with E-state index in [1.807, 2.05) is 0 Å². The molecule has 0 aliphatic rings. The van der Waals surface area contributed by atoms with Crippen molar-refractivity contribution in [1.82, 2.24) is 0 Å². The van der Waals surface area contributed by atoms with E-state index in [0.29, 0.717) is 22.9 Å². The van der Waals surface area contributed by atoms with Crippen molar-refractivity contribution in [1.29, 1.82) is 0 Å². The maximum Gasteiger partial charge on any atom is 0.261 e. The number of hydrogen-bond acceptors (Lipinski definition) is 6. The predicted molar refractivity (Wildman–Crippen MR) is 127 cm³/mol. The van der Waals surface area contributed by atoms with E-state index in [1.54, 1.807) is 74.7 Å². The molecule has 0 heterocycles. The molecule has 168 valence electrons. The summed E-state index contributed by atoms with van der Waals surface area (Å²) in [6.07, 6.45) is 0. The number of carbonyl (C=O) groups excluding carboxylic acids is 1. The highest BCUT2D eigenvalue weighted by atomic mass is 32.2. The maximum absolute atomic E-state index is 12.6. The Bertz CT molecular complexity index is 1170. The Balaban J connectivity index is 1.62. The van der Waals surface area contributed by atoms with Crippen LogP contribution in [0.4, 0.5) is 11.4 Å². The summed E-state index contributed by atoms with van der Waals surface area (Å²) >= 11 is 1.36. The van der Waals surface area contributed by atoms with Gasteiger partial charge in [-0.25, -0.2) is 8.42 Å². The number of carbonyl (C=O) groups is 1. The topological polar surface area (TPSA) is 93.7 Å². The fourth-order valence-corrected chi connectivity index (χ4v) is 4.76. The molecule has 0 fully saturated rings. The van der Waals surface area contributed by atoms with Crippen molar-refractivity contribution in [2.24, 2.45) is 0 Å². The van der Waals surface area contributed by atoms with Crippen molar-refractivity contribution < 1.29 is 22.7 Å². The molecule has 0 aliphatic heterocycles. The first-order valence-corrected chi connectivity index (χ1v) is 12.1. The average molecular weight is 473 g/mol. The normalized spacial score (nSPS) is 12.0. The van der Waals surface area contributed by atoms with Crippen LogP contribution in [0.3, 0.4) is 0 Å². The first kappa shape index (κ1) is 23.5. The van der Waals surface area contributed by atoms with Gasteiger partial charge in [-0.1, -0.05) is 18.2 Å². The van der Waals surface area contributed by atoms with Gasteiger partial charge in [-0.3, -0.25) is 9.52 Å². The van der Waals surface area contributed by atoms with E-state index < -0.39 is 15.3 Å². The van der Waals surface area contributed by atoms with Gasteiger partial charge in [0.1, 0.15) is 11.5 Å². The summed E-state index contributed by atoms with van der Waals surface area (Å²) in [7, 11) is -0.568. The van der Waals surface area contributed by atoms with Gasteiger partial charge in [0.15, 0.2) is 0 Å². The SMILES string of the molecule is COc1ccc(NC(=O)C(C)Sc2ccc(NS(=O)(=O)c3ccccc3)cc2)c(OC)c1. The smallest absolute Gasteiger partial charge is 0.261 e. The summed E-state index contributed by atoms with van der Waals surface area (Å²) in [5.74, 6) is 0.947. The van der Waals surface area contributed by atoms with Crippen LogP contribution in [0, 0.1) is 0 Å². The van der Waals surface area contributed by atoms with Gasteiger partial charge < -0.3 is 14.8 Å². The third-order valence-corrected chi connectivity index (χ3v) is 7.02. The Morgan fingerprint density at radius 3 is 2.25 bits per heavy atom. The number of amides is 1. The molecular weight excluding hydrogens is 448 g/mol. The summed E-state index contributed by atoms with van der Waals surface area (Å²) in [5.41, 5.74) is 0.995. The molecule has 0 bridgehead atoms. The van der Waals surface area contributed by atoms with Gasteiger partial charge >= 0.3 is 0 Å². The van der Waals surface area contributed by atoms with E-state index in [9.17, 15) is 13.2 Å². The van der Waals surface area contributed by atoms with Crippen LogP contribution in [0.5, 0.6) is 11.5 Å². The first-order chi connectivity index (χ1) is 15.3. The van der Waals surface area contributed by atoms with Gasteiger partial charge in [-0.05, 0) is 55.5 Å². The molecule has 3 aromatic carbocycles. The zero-order valence-electron chi connectivity index (χ0n) is 17.9. The van der Waals surface area contributed by atoms with Crippen LogP contribution in [0.15, 0.2) is 82.6 Å². The van der Waals surface area contributed by atoms with Crippen molar-refractivity contribution >= 4 is 39.1 Å². The Hall–Kier alpha value is -3.17. The number of nitrogens with one attached hydrogen (secondary N) is 2. The fraction of sp³-hybridized carbons (Fsp3) is 0.174. The molecule has 0 aromatic heterocycles. The fourth-order valence-electron chi connectivity index (χ4n) is 2.81. The predicted octanol–water partition coefficient (Wildman–Crippen LogP) is 4.62. The van der Waals surface area contributed by atoms with Crippen LogP contribution in [-0.2, 0) is 14.8 Å². The van der Waals surface area contributed by atoms with Gasteiger partial charge in [0.05, 0.1) is 30.1 Å². The summed E-state index contributed by atoms with van der Waals surface area (Å²) in [6.45, 7) is 1.79. The highest BCUT2D eigenvalue weighted by Crippen LogP contribution is 2.31. The van der Waals surface area contributed by atoms with Crippen LogP contribution in [0.2, 0.25) is 0 Å². The lowest BCUT2D eigenvalue weighted by Gasteiger charge is -2.15. The summed E-state index contributed by atoms with van der Waals surface area (Å²) < 4.78 is 37.9. The monoisotopic (exact) mass is 472 g/mol. The first-order valence-electron chi connectivity index (χ1n) is 9.70. The third kappa shape index (κ3) is 5.95. The number of benzene rings is 3. The van der Waals surface area contributed by atoms with Crippen molar-refractivity contribution in [2.75, 3.05) is 24.3 Å². The van der Waals surface area contributed by atoms with E-state index in [4.69, 9.17) is 9.47 Å². The average Bonchev–Trinajstić information content (AvgIpc) is 2.81. The third-order valence-electron chi connectivity index (χ3n) is 4.51. The van der Waals surface area contributed by atoms with Gasteiger partial charge in [-0.2, -0.15) is 0 Å². The van der Waals surface area contributed by atoms with Crippen LogP contribution >= 0.6 is 11.8 Å². The highest BCUT2D eigenvalue weighted by molar-refractivity contribution is 8.00. The molecule has 0 radical (unpaired) electrons. The largest absolute Gasteiger partial charge is 0.497 e. The molecule has 9 heteroatoms. The summed E-state index contributed by atoms with van der Waals surface area (Å²) in [5, 5.41) is 2.47. The summed E-state index contributed by atoms with van der Waals surface area (Å²) in [4.78, 5) is 13.7. The molecule has 2 N–H and O–H groups in total. The zero-order valence-corrected chi connectivity index (χ0v) is 19.5. The molecular formula is C23H24N2O5S2. The standard InChI is InChI=1S/C23H24N2O5S2/c1-16(23(26)24-21-14-11-18(29-2)15-22(21)30-3)31-19-12-9-17(10-13-19)25-32(27,28)20-7-5-4-6-8-20/h4-16,25H,1-3H3,(H,24,26). The summed E-state index contributed by atoms with van der Waals surface area (Å²) in [6, 6.07) is 20.2. The Kier molecular flexibility index (Phi) is 7.66. The van der Waals surface area contributed by atoms with Gasteiger partial charge in [0, 0.05) is 16.6 Å².